The average molecular weight is 286 g/mol. The van der Waals surface area contributed by atoms with E-state index in [2.05, 4.69) is 5.32 Å². The van der Waals surface area contributed by atoms with E-state index in [0.717, 1.165) is 0 Å². The van der Waals surface area contributed by atoms with Crippen LogP contribution in [0.1, 0.15) is 23.7 Å². The SMILES string of the molecule is CCC(=O)c1ccn(CC(=O)Nc2cccc(OC)c2)c1. The maximum Gasteiger partial charge on any atom is 0.244 e. The Labute approximate surface area is 123 Å². The maximum atomic E-state index is 12.0. The number of ether oxygens (including phenoxy) is 1. The molecule has 0 saturated carbocycles. The van der Waals surface area contributed by atoms with Gasteiger partial charge in [-0.1, -0.05) is 13.0 Å². The fourth-order valence-electron chi connectivity index (χ4n) is 1.98. The van der Waals surface area contributed by atoms with Gasteiger partial charge in [0.2, 0.25) is 5.91 Å². The molecule has 1 N–H and O–H groups in total. The second-order valence-electron chi connectivity index (χ2n) is 4.63. The standard InChI is InChI=1S/C16H18N2O3/c1-3-15(19)12-7-8-18(10-12)11-16(20)17-13-5-4-6-14(9-13)21-2/h4-10H,3,11H2,1-2H3,(H,17,20). The predicted octanol–water partition coefficient (Wildman–Crippen LogP) is 2.73. The van der Waals surface area contributed by atoms with Gasteiger partial charge < -0.3 is 14.6 Å². The number of nitrogens with one attached hydrogen (secondary N) is 1. The smallest absolute Gasteiger partial charge is 0.244 e. The number of benzene rings is 1. The molecule has 0 unspecified atom stereocenters. The van der Waals surface area contributed by atoms with Crippen LogP contribution in [0.4, 0.5) is 5.69 Å². The molecule has 0 aliphatic carbocycles. The lowest BCUT2D eigenvalue weighted by Crippen LogP contribution is -2.17. The first-order valence-corrected chi connectivity index (χ1v) is 6.75. The zero-order chi connectivity index (χ0) is 15.2. The molecule has 0 atom stereocenters. The van der Waals surface area contributed by atoms with Gasteiger partial charge in [-0.25, -0.2) is 0 Å². The molecule has 1 aromatic heterocycles. The highest BCUT2D eigenvalue weighted by Gasteiger charge is 2.08. The normalized spacial score (nSPS) is 10.2. The van der Waals surface area contributed by atoms with Gasteiger partial charge in [-0.3, -0.25) is 9.59 Å². The fourth-order valence-corrected chi connectivity index (χ4v) is 1.98. The van der Waals surface area contributed by atoms with Crippen molar-refractivity contribution in [3.05, 3.63) is 48.3 Å². The topological polar surface area (TPSA) is 60.3 Å². The van der Waals surface area contributed by atoms with Crippen LogP contribution < -0.4 is 10.1 Å². The van der Waals surface area contributed by atoms with Crippen LogP contribution in [-0.4, -0.2) is 23.4 Å². The largest absolute Gasteiger partial charge is 0.497 e. The van der Waals surface area contributed by atoms with Crippen molar-refractivity contribution in [3.8, 4) is 5.75 Å². The summed E-state index contributed by atoms with van der Waals surface area (Å²) in [7, 11) is 1.58. The number of anilines is 1. The molecule has 2 rings (SSSR count). The number of nitrogens with zero attached hydrogens (tertiary/aromatic N) is 1. The summed E-state index contributed by atoms with van der Waals surface area (Å²) in [4.78, 5) is 23.5. The molecule has 1 aromatic carbocycles. The molecule has 0 bridgehead atoms. The van der Waals surface area contributed by atoms with E-state index in [0.29, 0.717) is 23.4 Å². The van der Waals surface area contributed by atoms with Crippen LogP contribution in [0.5, 0.6) is 5.75 Å². The Hall–Kier alpha value is -2.56. The zero-order valence-electron chi connectivity index (χ0n) is 12.1. The van der Waals surface area contributed by atoms with Crippen molar-refractivity contribution in [2.24, 2.45) is 0 Å². The molecule has 0 radical (unpaired) electrons. The minimum absolute atomic E-state index is 0.0713. The van der Waals surface area contributed by atoms with Crippen molar-refractivity contribution in [2.75, 3.05) is 12.4 Å². The van der Waals surface area contributed by atoms with Crippen molar-refractivity contribution >= 4 is 17.4 Å². The van der Waals surface area contributed by atoms with Gasteiger partial charge in [-0.2, -0.15) is 0 Å². The summed E-state index contributed by atoms with van der Waals surface area (Å²) in [5.74, 6) is 0.598. The van der Waals surface area contributed by atoms with Crippen molar-refractivity contribution < 1.29 is 14.3 Å². The second kappa shape index (κ2) is 6.74. The minimum Gasteiger partial charge on any atom is -0.497 e. The Morgan fingerprint density at radius 1 is 1.29 bits per heavy atom. The van der Waals surface area contributed by atoms with Gasteiger partial charge >= 0.3 is 0 Å². The van der Waals surface area contributed by atoms with Crippen LogP contribution >= 0.6 is 0 Å². The van der Waals surface area contributed by atoms with Gasteiger partial charge in [0.25, 0.3) is 0 Å². The molecule has 0 saturated heterocycles. The summed E-state index contributed by atoms with van der Waals surface area (Å²) in [6, 6.07) is 8.89. The van der Waals surface area contributed by atoms with E-state index < -0.39 is 0 Å². The zero-order valence-corrected chi connectivity index (χ0v) is 12.1. The summed E-state index contributed by atoms with van der Waals surface area (Å²) in [5.41, 5.74) is 1.31. The van der Waals surface area contributed by atoms with Crippen molar-refractivity contribution in [1.82, 2.24) is 4.57 Å². The monoisotopic (exact) mass is 286 g/mol. The highest BCUT2D eigenvalue weighted by Crippen LogP contribution is 2.16. The molecule has 0 spiro atoms. The predicted molar refractivity (Wildman–Crippen MR) is 80.7 cm³/mol. The van der Waals surface area contributed by atoms with Gasteiger partial charge in [-0.05, 0) is 18.2 Å². The molecule has 21 heavy (non-hydrogen) atoms. The molecular formula is C16H18N2O3. The van der Waals surface area contributed by atoms with Crippen LogP contribution in [0.2, 0.25) is 0 Å². The van der Waals surface area contributed by atoms with Crippen molar-refractivity contribution in [2.45, 2.75) is 19.9 Å². The average Bonchev–Trinajstić information content (AvgIpc) is 2.94. The van der Waals surface area contributed by atoms with E-state index in [-0.39, 0.29) is 18.2 Å². The van der Waals surface area contributed by atoms with Gasteiger partial charge in [0, 0.05) is 36.1 Å². The number of methoxy groups -OCH3 is 1. The highest BCUT2D eigenvalue weighted by molar-refractivity contribution is 5.96. The first-order chi connectivity index (χ1) is 10.1. The van der Waals surface area contributed by atoms with E-state index in [9.17, 15) is 9.59 Å². The summed E-state index contributed by atoms with van der Waals surface area (Å²) < 4.78 is 6.80. The molecule has 1 amide bonds. The molecule has 0 aliphatic heterocycles. The van der Waals surface area contributed by atoms with Gasteiger partial charge in [0.1, 0.15) is 12.3 Å². The molecule has 5 nitrogen and oxygen atoms in total. The minimum atomic E-state index is -0.158. The van der Waals surface area contributed by atoms with Crippen molar-refractivity contribution in [3.63, 3.8) is 0 Å². The molecule has 1 heterocycles. The summed E-state index contributed by atoms with van der Waals surface area (Å²) >= 11 is 0. The lowest BCUT2D eigenvalue weighted by Gasteiger charge is -2.07. The van der Waals surface area contributed by atoms with Crippen LogP contribution in [0.25, 0.3) is 0 Å². The van der Waals surface area contributed by atoms with Crippen molar-refractivity contribution in [1.29, 1.82) is 0 Å². The highest BCUT2D eigenvalue weighted by atomic mass is 16.5. The van der Waals surface area contributed by atoms with Gasteiger partial charge in [0.05, 0.1) is 7.11 Å². The number of hydrogen-bond acceptors (Lipinski definition) is 3. The summed E-state index contributed by atoms with van der Waals surface area (Å²) in [5, 5.41) is 2.79. The van der Waals surface area contributed by atoms with E-state index in [1.165, 1.54) is 0 Å². The lowest BCUT2D eigenvalue weighted by molar-refractivity contribution is -0.116. The third kappa shape index (κ3) is 3.95. The second-order valence-corrected chi connectivity index (χ2v) is 4.63. The molecule has 0 fully saturated rings. The lowest BCUT2D eigenvalue weighted by atomic mass is 10.2. The van der Waals surface area contributed by atoms with E-state index in [1.54, 1.807) is 42.3 Å². The third-order valence-electron chi connectivity index (χ3n) is 3.07. The summed E-state index contributed by atoms with van der Waals surface area (Å²) in [6.07, 6.45) is 3.88. The first kappa shape index (κ1) is 14.8. The number of hydrogen-bond donors (Lipinski definition) is 1. The van der Waals surface area contributed by atoms with Crippen LogP contribution in [0.15, 0.2) is 42.7 Å². The number of Topliss-reactive ketones (excluding diaryl/α,β-unsaturated/α-hetero) is 1. The Bertz CT molecular complexity index is 646. The van der Waals surface area contributed by atoms with E-state index >= 15 is 0 Å². The number of amides is 1. The van der Waals surface area contributed by atoms with E-state index in [4.69, 9.17) is 4.74 Å². The van der Waals surface area contributed by atoms with Crippen LogP contribution in [0, 0.1) is 0 Å². The Kier molecular flexibility index (Phi) is 4.77. The number of carbonyl (C=O) groups excluding carboxylic acids is 2. The van der Waals surface area contributed by atoms with Crippen LogP contribution in [-0.2, 0) is 11.3 Å². The number of ketones is 1. The van der Waals surface area contributed by atoms with Gasteiger partial charge in [0.15, 0.2) is 5.78 Å². The fraction of sp³-hybridized carbons (Fsp3) is 0.250. The summed E-state index contributed by atoms with van der Waals surface area (Å²) in [6.45, 7) is 1.98. The van der Waals surface area contributed by atoms with E-state index in [1.807, 2.05) is 19.1 Å². The Morgan fingerprint density at radius 2 is 2.10 bits per heavy atom. The molecular weight excluding hydrogens is 268 g/mol. The number of carbonyl (C=O) groups is 2. The molecule has 0 aliphatic rings. The molecule has 110 valence electrons. The number of aromatic nitrogens is 1. The molecule has 5 heteroatoms. The number of rotatable bonds is 6. The Balaban J connectivity index is 1.98. The molecule has 2 aromatic rings. The first-order valence-electron chi connectivity index (χ1n) is 6.75. The quantitative estimate of drug-likeness (QED) is 0.831. The maximum absolute atomic E-state index is 12.0. The van der Waals surface area contributed by atoms with Crippen LogP contribution in [0.3, 0.4) is 0 Å². The Morgan fingerprint density at radius 3 is 2.81 bits per heavy atom. The third-order valence-corrected chi connectivity index (χ3v) is 3.07. The van der Waals surface area contributed by atoms with Gasteiger partial charge in [-0.15, -0.1) is 0 Å².